The van der Waals surface area contributed by atoms with E-state index < -0.39 is 23.6 Å². The number of hydrogen-bond acceptors (Lipinski definition) is 7. The molecule has 1 aromatic heterocycles. The van der Waals surface area contributed by atoms with E-state index in [1.54, 1.807) is 30.3 Å². The molecule has 3 aromatic carbocycles. The van der Waals surface area contributed by atoms with Gasteiger partial charge in [0.05, 0.1) is 0 Å². The summed E-state index contributed by atoms with van der Waals surface area (Å²) in [6.07, 6.45) is -0.295. The second-order valence-corrected chi connectivity index (χ2v) is 7.92. The molecule has 1 N–H and O–H groups in total. The molecule has 35 heavy (non-hydrogen) atoms. The highest BCUT2D eigenvalue weighted by molar-refractivity contribution is 5.96. The molecule has 1 unspecified atom stereocenters. The van der Waals surface area contributed by atoms with Gasteiger partial charge in [-0.3, -0.25) is 4.79 Å². The van der Waals surface area contributed by atoms with Crippen molar-refractivity contribution in [2.75, 3.05) is 13.2 Å². The topological polar surface area (TPSA) is 104 Å². The first-order valence-electron chi connectivity index (χ1n) is 11.1. The fourth-order valence-electron chi connectivity index (χ4n) is 3.69. The standard InChI is InChI=1S/C27H21NO7/c29-25(28-13-12-17-6-2-1-3-7-17)20-14-18-10-11-19(15-23(18)35-26(20)30)33-27(31)24-16-32-21-8-4-5-9-22(21)34-24/h1-11,14-15,24H,12-13,16H2,(H,28,29). The Hall–Kier alpha value is -4.59. The molecule has 1 atom stereocenters. The quantitative estimate of drug-likeness (QED) is 0.261. The van der Waals surface area contributed by atoms with Gasteiger partial charge in [-0.1, -0.05) is 42.5 Å². The highest BCUT2D eigenvalue weighted by Gasteiger charge is 2.29. The Morgan fingerprint density at radius 1 is 0.943 bits per heavy atom. The van der Waals surface area contributed by atoms with Gasteiger partial charge in [-0.15, -0.1) is 0 Å². The summed E-state index contributed by atoms with van der Waals surface area (Å²) >= 11 is 0. The van der Waals surface area contributed by atoms with E-state index >= 15 is 0 Å². The van der Waals surface area contributed by atoms with Crippen LogP contribution in [0.4, 0.5) is 0 Å². The fraction of sp³-hybridized carbons (Fsp3) is 0.148. The van der Waals surface area contributed by atoms with Crippen LogP contribution in [0.15, 0.2) is 88.1 Å². The Kier molecular flexibility index (Phi) is 6.17. The molecule has 0 aliphatic carbocycles. The van der Waals surface area contributed by atoms with E-state index in [0.717, 1.165) is 5.56 Å². The van der Waals surface area contributed by atoms with Crippen LogP contribution >= 0.6 is 0 Å². The van der Waals surface area contributed by atoms with Crippen molar-refractivity contribution in [1.29, 1.82) is 0 Å². The maximum Gasteiger partial charge on any atom is 0.356 e. The van der Waals surface area contributed by atoms with Crippen LogP contribution in [0.2, 0.25) is 0 Å². The minimum Gasteiger partial charge on any atom is -0.485 e. The summed E-state index contributed by atoms with van der Waals surface area (Å²) in [7, 11) is 0. The van der Waals surface area contributed by atoms with E-state index in [-0.39, 0.29) is 23.5 Å². The summed E-state index contributed by atoms with van der Waals surface area (Å²) in [5.41, 5.74) is 0.391. The van der Waals surface area contributed by atoms with Crippen LogP contribution in [0, 0.1) is 0 Å². The van der Waals surface area contributed by atoms with Crippen LogP contribution in [-0.2, 0) is 11.2 Å². The number of ether oxygens (including phenoxy) is 3. The number of carbonyl (C=O) groups is 2. The first-order valence-corrected chi connectivity index (χ1v) is 11.1. The third-order valence-electron chi connectivity index (χ3n) is 5.48. The zero-order valence-electron chi connectivity index (χ0n) is 18.6. The van der Waals surface area contributed by atoms with E-state index in [0.29, 0.717) is 29.9 Å². The summed E-state index contributed by atoms with van der Waals surface area (Å²) in [6.45, 7) is 0.397. The summed E-state index contributed by atoms with van der Waals surface area (Å²) in [4.78, 5) is 37.5. The van der Waals surface area contributed by atoms with Crippen molar-refractivity contribution < 1.29 is 28.2 Å². The Labute approximate surface area is 200 Å². The average molecular weight is 471 g/mol. The number of para-hydroxylation sites is 2. The van der Waals surface area contributed by atoms with E-state index in [1.807, 2.05) is 36.4 Å². The molecule has 8 nitrogen and oxygen atoms in total. The molecular weight excluding hydrogens is 450 g/mol. The van der Waals surface area contributed by atoms with Gasteiger partial charge in [0.15, 0.2) is 11.5 Å². The molecular formula is C27H21NO7. The van der Waals surface area contributed by atoms with Crippen LogP contribution in [0.25, 0.3) is 11.0 Å². The first-order chi connectivity index (χ1) is 17.1. The minimum absolute atomic E-state index is 0.0151. The monoisotopic (exact) mass is 471 g/mol. The fourth-order valence-corrected chi connectivity index (χ4v) is 3.69. The van der Waals surface area contributed by atoms with Gasteiger partial charge in [-0.05, 0) is 42.3 Å². The maximum absolute atomic E-state index is 12.6. The lowest BCUT2D eigenvalue weighted by molar-refractivity contribution is -0.144. The zero-order valence-corrected chi connectivity index (χ0v) is 18.6. The molecule has 0 fully saturated rings. The smallest absolute Gasteiger partial charge is 0.356 e. The lowest BCUT2D eigenvalue weighted by Gasteiger charge is -2.24. The number of fused-ring (bicyclic) bond motifs is 2. The van der Waals surface area contributed by atoms with Crippen molar-refractivity contribution in [2.45, 2.75) is 12.5 Å². The van der Waals surface area contributed by atoms with Gasteiger partial charge >= 0.3 is 11.6 Å². The third kappa shape index (κ3) is 5.01. The first kappa shape index (κ1) is 22.2. The number of nitrogens with one attached hydrogen (secondary N) is 1. The maximum atomic E-state index is 12.6. The van der Waals surface area contributed by atoms with Crippen molar-refractivity contribution >= 4 is 22.8 Å². The van der Waals surface area contributed by atoms with Gasteiger partial charge in [0.2, 0.25) is 6.10 Å². The molecule has 0 spiro atoms. The average Bonchev–Trinajstić information content (AvgIpc) is 2.88. The molecule has 2 heterocycles. The molecule has 176 valence electrons. The van der Waals surface area contributed by atoms with Crippen molar-refractivity contribution in [3.05, 3.63) is 100 Å². The summed E-state index contributed by atoms with van der Waals surface area (Å²) in [5, 5.41) is 3.26. The second kappa shape index (κ2) is 9.72. The summed E-state index contributed by atoms with van der Waals surface area (Å²) in [6, 6.07) is 22.8. The largest absolute Gasteiger partial charge is 0.485 e. The molecule has 0 radical (unpaired) electrons. The molecule has 1 aliphatic heterocycles. The number of amides is 1. The number of carbonyl (C=O) groups excluding carboxylic acids is 2. The van der Waals surface area contributed by atoms with E-state index in [1.165, 1.54) is 12.1 Å². The predicted octanol–water partition coefficient (Wildman–Crippen LogP) is 3.51. The predicted molar refractivity (Wildman–Crippen MR) is 127 cm³/mol. The second-order valence-electron chi connectivity index (χ2n) is 7.92. The van der Waals surface area contributed by atoms with Crippen LogP contribution < -0.4 is 25.2 Å². The molecule has 1 aliphatic rings. The van der Waals surface area contributed by atoms with Crippen molar-refractivity contribution in [3.8, 4) is 17.2 Å². The summed E-state index contributed by atoms with van der Waals surface area (Å²) in [5.74, 6) is 0.0364. The van der Waals surface area contributed by atoms with Crippen LogP contribution in [0.3, 0.4) is 0 Å². The highest BCUT2D eigenvalue weighted by atomic mass is 16.6. The van der Waals surface area contributed by atoms with E-state index in [2.05, 4.69) is 5.32 Å². The van der Waals surface area contributed by atoms with Crippen LogP contribution in [0.1, 0.15) is 15.9 Å². The van der Waals surface area contributed by atoms with Crippen LogP contribution in [-0.4, -0.2) is 31.1 Å². The summed E-state index contributed by atoms with van der Waals surface area (Å²) < 4.78 is 21.9. The van der Waals surface area contributed by atoms with Gasteiger partial charge in [0, 0.05) is 18.0 Å². The van der Waals surface area contributed by atoms with Crippen molar-refractivity contribution in [3.63, 3.8) is 0 Å². The van der Waals surface area contributed by atoms with Crippen molar-refractivity contribution in [1.82, 2.24) is 5.32 Å². The zero-order chi connectivity index (χ0) is 24.2. The van der Waals surface area contributed by atoms with Crippen molar-refractivity contribution in [2.24, 2.45) is 0 Å². The number of esters is 1. The van der Waals surface area contributed by atoms with Gasteiger partial charge in [-0.25, -0.2) is 9.59 Å². The molecule has 8 heteroatoms. The van der Waals surface area contributed by atoms with Crippen LogP contribution in [0.5, 0.6) is 17.2 Å². The molecule has 0 saturated heterocycles. The highest BCUT2D eigenvalue weighted by Crippen LogP contribution is 2.31. The normalized spacial score (nSPS) is 14.3. The van der Waals surface area contributed by atoms with E-state index in [9.17, 15) is 14.4 Å². The lowest BCUT2D eigenvalue weighted by Crippen LogP contribution is -2.39. The lowest BCUT2D eigenvalue weighted by atomic mass is 10.1. The molecule has 0 saturated carbocycles. The Morgan fingerprint density at radius 2 is 1.71 bits per heavy atom. The molecule has 0 bridgehead atoms. The molecule has 4 aromatic rings. The number of hydrogen-bond donors (Lipinski definition) is 1. The SMILES string of the molecule is O=C(NCCc1ccccc1)c1cc2ccc(OC(=O)C3COc4ccccc4O3)cc2oc1=O. The number of rotatable bonds is 6. The van der Waals surface area contributed by atoms with Gasteiger partial charge in [-0.2, -0.15) is 0 Å². The third-order valence-corrected chi connectivity index (χ3v) is 5.48. The molecule has 1 amide bonds. The van der Waals surface area contributed by atoms with Gasteiger partial charge in [0.25, 0.3) is 5.91 Å². The minimum atomic E-state index is -0.936. The van der Waals surface area contributed by atoms with Gasteiger partial charge < -0.3 is 23.9 Å². The molecule has 5 rings (SSSR count). The number of benzene rings is 3. The van der Waals surface area contributed by atoms with Gasteiger partial charge in [0.1, 0.15) is 23.5 Å². The Balaban J connectivity index is 1.25. The van der Waals surface area contributed by atoms with E-state index in [4.69, 9.17) is 18.6 Å². The Bertz CT molecular complexity index is 1450. The Morgan fingerprint density at radius 3 is 2.54 bits per heavy atom.